The van der Waals surface area contributed by atoms with Gasteiger partial charge in [-0.15, -0.1) is 0 Å². The summed E-state index contributed by atoms with van der Waals surface area (Å²) in [4.78, 5) is 10.9. The predicted octanol–water partition coefficient (Wildman–Crippen LogP) is 0.885. The second-order valence-electron chi connectivity index (χ2n) is 2.74. The number of hydrogen-bond donors (Lipinski definition) is 0. The molecule has 0 atom stereocenters. The molecule has 0 aromatic carbocycles. The maximum Gasteiger partial charge on any atom is 0.179 e. The summed E-state index contributed by atoms with van der Waals surface area (Å²) < 4.78 is 1.72. The predicted molar refractivity (Wildman–Crippen MR) is 46.1 cm³/mol. The normalized spacial score (nSPS) is 10.4. The fraction of sp³-hybridized carbons (Fsp3) is 0.111. The summed E-state index contributed by atoms with van der Waals surface area (Å²) in [6.07, 6.45) is 3.57. The summed E-state index contributed by atoms with van der Waals surface area (Å²) in [5.74, 6) is 0. The number of benzene rings is 1. The molecule has 12 heavy (non-hydrogen) atoms. The van der Waals surface area contributed by atoms with Gasteiger partial charge in [-0.25, -0.2) is 0 Å². The van der Waals surface area contributed by atoms with Crippen molar-refractivity contribution >= 4 is 0 Å². The van der Waals surface area contributed by atoms with Gasteiger partial charge in [-0.3, -0.25) is 9.48 Å². The van der Waals surface area contributed by atoms with E-state index < -0.39 is 0 Å². The van der Waals surface area contributed by atoms with Gasteiger partial charge >= 0.3 is 0 Å². The van der Waals surface area contributed by atoms with Gasteiger partial charge in [-0.2, -0.15) is 5.10 Å². The van der Waals surface area contributed by atoms with Gasteiger partial charge in [0.2, 0.25) is 0 Å². The maximum absolute atomic E-state index is 10.9. The molecule has 1 aliphatic heterocycles. The average Bonchev–Trinajstić information content (AvgIpc) is 2.05. The minimum Gasteiger partial charge on any atom is -0.290 e. The molecule has 0 N–H and O–H groups in total. The van der Waals surface area contributed by atoms with Crippen LogP contribution in [0, 0.1) is 0 Å². The zero-order valence-corrected chi connectivity index (χ0v) is 6.69. The molecule has 0 fully saturated rings. The van der Waals surface area contributed by atoms with Gasteiger partial charge < -0.3 is 0 Å². The average molecular weight is 160 g/mol. The number of fused-ring (bicyclic) bond motifs is 1. The summed E-state index contributed by atoms with van der Waals surface area (Å²) >= 11 is 0. The van der Waals surface area contributed by atoms with E-state index in [1.54, 1.807) is 29.1 Å². The van der Waals surface area contributed by atoms with Crippen LogP contribution in [0.5, 0.6) is 0 Å². The number of hydrogen-bond acceptors (Lipinski definition) is 2. The number of aryl methyl sites for hydroxylation is 1. The highest BCUT2D eigenvalue weighted by atomic mass is 16.1. The zero-order chi connectivity index (χ0) is 8.55. The Morgan fingerprint density at radius 2 is 2.17 bits per heavy atom. The minimum atomic E-state index is 0.0261. The highest BCUT2D eigenvalue weighted by Gasteiger charge is 2.00. The van der Waals surface area contributed by atoms with Crippen LogP contribution in [0.2, 0.25) is 0 Å². The van der Waals surface area contributed by atoms with Crippen molar-refractivity contribution in [1.29, 1.82) is 0 Å². The fourth-order valence-electron chi connectivity index (χ4n) is 1.17. The first kappa shape index (κ1) is 7.03. The van der Waals surface area contributed by atoms with Gasteiger partial charge in [0.05, 0.1) is 6.20 Å². The van der Waals surface area contributed by atoms with Gasteiger partial charge in [0, 0.05) is 24.4 Å². The Hall–Kier alpha value is -1.64. The van der Waals surface area contributed by atoms with Gasteiger partial charge in [-0.1, -0.05) is 0 Å². The molecular weight excluding hydrogens is 152 g/mol. The molecule has 0 unspecified atom stereocenters. The van der Waals surface area contributed by atoms with Crippen LogP contribution in [-0.2, 0) is 7.05 Å². The molecule has 60 valence electrons. The van der Waals surface area contributed by atoms with Crippen LogP contribution in [0.3, 0.4) is 0 Å². The molecular formula is C9H8N2O. The standard InChI is InChI=1S/C9H8N2O/c1-11-6-7-2-3-9(12)4-8(7)5-10-11/h2-6H,1H3. The van der Waals surface area contributed by atoms with E-state index in [4.69, 9.17) is 0 Å². The summed E-state index contributed by atoms with van der Waals surface area (Å²) in [6.45, 7) is 0. The molecule has 3 heteroatoms. The quantitative estimate of drug-likeness (QED) is 0.573. The molecule has 0 saturated carbocycles. The summed E-state index contributed by atoms with van der Waals surface area (Å²) in [6, 6.07) is 4.95. The van der Waals surface area contributed by atoms with E-state index in [0.29, 0.717) is 0 Å². The van der Waals surface area contributed by atoms with Crippen molar-refractivity contribution in [2.24, 2.45) is 7.05 Å². The van der Waals surface area contributed by atoms with Gasteiger partial charge in [0.1, 0.15) is 0 Å². The minimum absolute atomic E-state index is 0.0261. The van der Waals surface area contributed by atoms with E-state index in [1.807, 2.05) is 13.2 Å². The summed E-state index contributed by atoms with van der Waals surface area (Å²) in [5.41, 5.74) is 1.95. The molecule has 0 spiro atoms. The third-order valence-electron chi connectivity index (χ3n) is 1.76. The third-order valence-corrected chi connectivity index (χ3v) is 1.76. The van der Waals surface area contributed by atoms with Gasteiger partial charge in [0.25, 0.3) is 0 Å². The summed E-state index contributed by atoms with van der Waals surface area (Å²) in [5, 5.41) is 4.03. The number of rotatable bonds is 0. The van der Waals surface area contributed by atoms with Crippen LogP contribution < -0.4 is 5.43 Å². The number of nitrogens with zero attached hydrogens (tertiary/aromatic N) is 2. The van der Waals surface area contributed by atoms with Crippen LogP contribution in [0.4, 0.5) is 0 Å². The van der Waals surface area contributed by atoms with Crippen molar-refractivity contribution in [2.45, 2.75) is 0 Å². The lowest BCUT2D eigenvalue weighted by Gasteiger charge is -2.04. The number of aromatic nitrogens is 2. The smallest absolute Gasteiger partial charge is 0.179 e. The van der Waals surface area contributed by atoms with Crippen LogP contribution in [0.15, 0.2) is 35.4 Å². The Kier molecular flexibility index (Phi) is 1.43. The first-order chi connectivity index (χ1) is 5.75. The summed E-state index contributed by atoms with van der Waals surface area (Å²) in [7, 11) is 1.85. The molecule has 0 radical (unpaired) electrons. The lowest BCUT2D eigenvalue weighted by atomic mass is 10.1. The highest BCUT2D eigenvalue weighted by Crippen LogP contribution is 2.15. The maximum atomic E-state index is 10.9. The van der Waals surface area contributed by atoms with Crippen molar-refractivity contribution in [3.05, 3.63) is 40.8 Å². The first-order valence-corrected chi connectivity index (χ1v) is 3.68. The molecule has 0 aromatic rings. The van der Waals surface area contributed by atoms with Crippen LogP contribution in [-0.4, -0.2) is 9.78 Å². The van der Waals surface area contributed by atoms with E-state index in [0.717, 1.165) is 11.1 Å². The highest BCUT2D eigenvalue weighted by molar-refractivity contribution is 5.61. The Morgan fingerprint density at radius 3 is 3.00 bits per heavy atom. The Bertz CT molecular complexity index is 433. The second-order valence-corrected chi connectivity index (χ2v) is 2.74. The molecule has 0 amide bonds. The Balaban J connectivity index is 2.80. The molecule has 0 bridgehead atoms. The molecule has 0 saturated heterocycles. The molecule has 3 nitrogen and oxygen atoms in total. The first-order valence-electron chi connectivity index (χ1n) is 3.68. The van der Waals surface area contributed by atoms with Crippen molar-refractivity contribution in [2.75, 3.05) is 0 Å². The Morgan fingerprint density at radius 1 is 1.33 bits per heavy atom. The van der Waals surface area contributed by atoms with Gasteiger partial charge in [0.15, 0.2) is 5.43 Å². The van der Waals surface area contributed by atoms with Crippen LogP contribution >= 0.6 is 0 Å². The van der Waals surface area contributed by atoms with E-state index in [2.05, 4.69) is 5.10 Å². The van der Waals surface area contributed by atoms with Crippen molar-refractivity contribution in [3.63, 3.8) is 0 Å². The molecule has 1 aliphatic carbocycles. The molecule has 0 aromatic heterocycles. The van der Waals surface area contributed by atoms with E-state index in [1.165, 1.54) is 0 Å². The molecule has 1 heterocycles. The van der Waals surface area contributed by atoms with Crippen molar-refractivity contribution in [3.8, 4) is 11.1 Å². The van der Waals surface area contributed by atoms with Crippen LogP contribution in [0.25, 0.3) is 11.1 Å². The Labute approximate surface area is 69.6 Å². The third kappa shape index (κ3) is 1.09. The van der Waals surface area contributed by atoms with E-state index in [-0.39, 0.29) is 5.43 Å². The molecule has 2 rings (SSSR count). The van der Waals surface area contributed by atoms with Crippen molar-refractivity contribution in [1.82, 2.24) is 9.78 Å². The van der Waals surface area contributed by atoms with Crippen LogP contribution in [0.1, 0.15) is 0 Å². The lowest BCUT2D eigenvalue weighted by Crippen LogP contribution is -2.02. The van der Waals surface area contributed by atoms with Gasteiger partial charge in [-0.05, 0) is 18.2 Å². The monoisotopic (exact) mass is 160 g/mol. The molecule has 2 aliphatic rings. The second kappa shape index (κ2) is 2.44. The fourth-order valence-corrected chi connectivity index (χ4v) is 1.17. The zero-order valence-electron chi connectivity index (χ0n) is 6.69. The topological polar surface area (TPSA) is 34.9 Å². The SMILES string of the molecule is Cn1cc2ccc(=O)cc-2cn1. The largest absolute Gasteiger partial charge is 0.290 e. The van der Waals surface area contributed by atoms with E-state index >= 15 is 0 Å². The van der Waals surface area contributed by atoms with Crippen molar-refractivity contribution < 1.29 is 0 Å². The van der Waals surface area contributed by atoms with E-state index in [9.17, 15) is 4.79 Å². The lowest BCUT2D eigenvalue weighted by molar-refractivity contribution is 0.740.